The van der Waals surface area contributed by atoms with Gasteiger partial charge in [0.15, 0.2) is 5.16 Å². The lowest BCUT2D eigenvalue weighted by atomic mass is 10.1. The average Bonchev–Trinajstić information content (AvgIpc) is 2.68. The first-order chi connectivity index (χ1) is 14.3. The summed E-state index contributed by atoms with van der Waals surface area (Å²) in [4.78, 5) is 37.4. The summed E-state index contributed by atoms with van der Waals surface area (Å²) in [5.74, 6) is 1.54. The average molecular weight is 456 g/mol. The number of anilines is 1. The second kappa shape index (κ2) is 12.3. The molecule has 2 rings (SSSR count). The lowest BCUT2D eigenvalue weighted by Gasteiger charge is -2.40. The highest BCUT2D eigenvalue weighted by Crippen LogP contribution is 2.24. The Kier molecular flexibility index (Phi) is 10.2. The van der Waals surface area contributed by atoms with Crippen LogP contribution in [-0.4, -0.2) is 64.7 Å². The standard InChI is InChI=1S/C21H34ClN5O2S/c1-5-6-7-8-23-19(28)14-30-21-24-17(22)12-18(25-21)26-9-10-27(16(4)13-26)20(29)11-15(2)3/h12,15-16H,5-11,13-14H2,1-4H3,(H,23,28). The van der Waals surface area contributed by atoms with Crippen molar-refractivity contribution in [2.75, 3.05) is 36.8 Å². The van der Waals surface area contributed by atoms with Crippen molar-refractivity contribution in [2.45, 2.75) is 64.6 Å². The molecule has 2 heterocycles. The first-order valence-corrected chi connectivity index (χ1v) is 12.1. The monoisotopic (exact) mass is 455 g/mol. The van der Waals surface area contributed by atoms with E-state index in [-0.39, 0.29) is 23.6 Å². The normalized spacial score (nSPS) is 16.8. The zero-order valence-corrected chi connectivity index (χ0v) is 20.1. The number of nitrogens with one attached hydrogen (secondary N) is 1. The number of hydrogen-bond acceptors (Lipinski definition) is 6. The Balaban J connectivity index is 1.92. The van der Waals surface area contributed by atoms with Gasteiger partial charge in [0.2, 0.25) is 11.8 Å². The number of rotatable bonds is 10. The van der Waals surface area contributed by atoms with Crippen LogP contribution in [0, 0.1) is 5.92 Å². The van der Waals surface area contributed by atoms with Gasteiger partial charge in [-0.15, -0.1) is 0 Å². The fourth-order valence-corrected chi connectivity index (χ4v) is 4.31. The molecule has 0 radical (unpaired) electrons. The Morgan fingerprint density at radius 1 is 1.30 bits per heavy atom. The van der Waals surface area contributed by atoms with E-state index in [4.69, 9.17) is 11.6 Å². The van der Waals surface area contributed by atoms with Crippen LogP contribution in [0.5, 0.6) is 0 Å². The van der Waals surface area contributed by atoms with E-state index >= 15 is 0 Å². The summed E-state index contributed by atoms with van der Waals surface area (Å²) < 4.78 is 0. The minimum absolute atomic E-state index is 0.0212. The molecule has 1 aliphatic heterocycles. The van der Waals surface area contributed by atoms with Crippen LogP contribution in [0.4, 0.5) is 5.82 Å². The maximum Gasteiger partial charge on any atom is 0.230 e. The first kappa shape index (κ1) is 24.7. The molecule has 7 nitrogen and oxygen atoms in total. The minimum atomic E-state index is -0.0212. The van der Waals surface area contributed by atoms with Gasteiger partial charge in [-0.1, -0.05) is 57.0 Å². The van der Waals surface area contributed by atoms with Crippen LogP contribution in [0.3, 0.4) is 0 Å². The molecule has 168 valence electrons. The smallest absolute Gasteiger partial charge is 0.230 e. The Morgan fingerprint density at radius 3 is 2.73 bits per heavy atom. The molecule has 0 spiro atoms. The van der Waals surface area contributed by atoms with E-state index in [1.807, 2.05) is 4.90 Å². The van der Waals surface area contributed by atoms with Gasteiger partial charge in [-0.25, -0.2) is 9.97 Å². The van der Waals surface area contributed by atoms with Crippen molar-refractivity contribution in [1.82, 2.24) is 20.2 Å². The molecule has 30 heavy (non-hydrogen) atoms. The third-order valence-electron chi connectivity index (χ3n) is 4.95. The molecule has 0 aromatic carbocycles. The predicted molar refractivity (Wildman–Crippen MR) is 123 cm³/mol. The van der Waals surface area contributed by atoms with Crippen LogP contribution in [0.1, 0.15) is 53.4 Å². The molecule has 1 saturated heterocycles. The minimum Gasteiger partial charge on any atom is -0.355 e. The fourth-order valence-electron chi connectivity index (χ4n) is 3.40. The lowest BCUT2D eigenvalue weighted by Crippen LogP contribution is -2.54. The van der Waals surface area contributed by atoms with E-state index in [1.54, 1.807) is 6.07 Å². The molecule has 1 N–H and O–H groups in total. The molecule has 1 atom stereocenters. The van der Waals surface area contributed by atoms with Gasteiger partial charge in [0.25, 0.3) is 0 Å². The highest BCUT2D eigenvalue weighted by molar-refractivity contribution is 7.99. The molecule has 1 aliphatic rings. The lowest BCUT2D eigenvalue weighted by molar-refractivity contribution is -0.134. The van der Waals surface area contributed by atoms with Crippen molar-refractivity contribution in [3.63, 3.8) is 0 Å². The Bertz CT molecular complexity index is 719. The van der Waals surface area contributed by atoms with Crippen molar-refractivity contribution in [2.24, 2.45) is 5.92 Å². The van der Waals surface area contributed by atoms with Gasteiger partial charge in [0, 0.05) is 44.7 Å². The number of halogens is 1. The predicted octanol–water partition coefficient (Wildman–Crippen LogP) is 3.61. The SMILES string of the molecule is CCCCCNC(=O)CSc1nc(Cl)cc(N2CCN(C(=O)CC(C)C)C(C)C2)n1. The van der Waals surface area contributed by atoms with Crippen LogP contribution in [0.2, 0.25) is 5.15 Å². The van der Waals surface area contributed by atoms with Gasteiger partial charge in [-0.3, -0.25) is 9.59 Å². The molecule has 9 heteroatoms. The van der Waals surface area contributed by atoms with Crippen LogP contribution in [0.25, 0.3) is 0 Å². The maximum absolute atomic E-state index is 12.5. The Morgan fingerprint density at radius 2 is 2.07 bits per heavy atom. The molecular weight excluding hydrogens is 422 g/mol. The van der Waals surface area contributed by atoms with Gasteiger partial charge in [0.1, 0.15) is 11.0 Å². The second-order valence-corrected chi connectivity index (χ2v) is 9.49. The maximum atomic E-state index is 12.5. The first-order valence-electron chi connectivity index (χ1n) is 10.8. The van der Waals surface area contributed by atoms with E-state index in [2.05, 4.69) is 47.9 Å². The molecule has 1 aromatic rings. The number of nitrogens with zero attached hydrogens (tertiary/aromatic N) is 4. The van der Waals surface area contributed by atoms with E-state index in [9.17, 15) is 9.59 Å². The molecule has 1 aromatic heterocycles. The van der Waals surface area contributed by atoms with Crippen molar-refractivity contribution >= 4 is 41.0 Å². The molecule has 0 aliphatic carbocycles. The molecule has 0 saturated carbocycles. The van der Waals surface area contributed by atoms with Crippen LogP contribution >= 0.6 is 23.4 Å². The fraction of sp³-hybridized carbons (Fsp3) is 0.714. The summed E-state index contributed by atoms with van der Waals surface area (Å²) in [6.45, 7) is 11.1. The summed E-state index contributed by atoms with van der Waals surface area (Å²) in [5.41, 5.74) is 0. The van der Waals surface area contributed by atoms with Crippen LogP contribution in [0.15, 0.2) is 11.2 Å². The highest BCUT2D eigenvalue weighted by atomic mass is 35.5. The second-order valence-electron chi connectivity index (χ2n) is 8.16. The summed E-state index contributed by atoms with van der Waals surface area (Å²) in [5, 5.41) is 3.77. The quantitative estimate of drug-likeness (QED) is 0.251. The topological polar surface area (TPSA) is 78.4 Å². The zero-order chi connectivity index (χ0) is 22.1. The number of hydrogen-bond donors (Lipinski definition) is 1. The van der Waals surface area contributed by atoms with E-state index in [0.717, 1.165) is 25.1 Å². The largest absolute Gasteiger partial charge is 0.355 e. The Hall–Kier alpha value is -1.54. The number of unbranched alkanes of at least 4 members (excludes halogenated alkanes) is 2. The van der Waals surface area contributed by atoms with Gasteiger partial charge < -0.3 is 15.1 Å². The summed E-state index contributed by atoms with van der Waals surface area (Å²) in [6.07, 6.45) is 3.81. The number of piperazine rings is 1. The van der Waals surface area contributed by atoms with Crippen LogP contribution < -0.4 is 10.2 Å². The summed E-state index contributed by atoms with van der Waals surface area (Å²) >= 11 is 7.51. The van der Waals surface area contributed by atoms with Crippen molar-refractivity contribution in [1.29, 1.82) is 0 Å². The van der Waals surface area contributed by atoms with Crippen LogP contribution in [-0.2, 0) is 9.59 Å². The summed E-state index contributed by atoms with van der Waals surface area (Å²) in [7, 11) is 0. The van der Waals surface area contributed by atoms with Gasteiger partial charge >= 0.3 is 0 Å². The number of thioether (sulfide) groups is 1. The van der Waals surface area contributed by atoms with Crippen molar-refractivity contribution < 1.29 is 9.59 Å². The van der Waals surface area contributed by atoms with Gasteiger partial charge in [0.05, 0.1) is 5.75 Å². The third-order valence-corrected chi connectivity index (χ3v) is 5.99. The van der Waals surface area contributed by atoms with Crippen molar-refractivity contribution in [3.8, 4) is 0 Å². The number of carbonyl (C=O) groups excluding carboxylic acids is 2. The number of amides is 2. The highest BCUT2D eigenvalue weighted by Gasteiger charge is 2.28. The Labute approximate surface area is 189 Å². The third kappa shape index (κ3) is 7.95. The molecular formula is C21H34ClN5O2S. The van der Waals surface area contributed by atoms with E-state index in [1.165, 1.54) is 11.8 Å². The van der Waals surface area contributed by atoms with E-state index in [0.29, 0.717) is 48.8 Å². The molecule has 0 bridgehead atoms. The van der Waals surface area contributed by atoms with E-state index < -0.39 is 0 Å². The molecule has 1 unspecified atom stereocenters. The molecule has 2 amide bonds. The van der Waals surface area contributed by atoms with Gasteiger partial charge in [-0.2, -0.15) is 0 Å². The molecule has 1 fully saturated rings. The van der Waals surface area contributed by atoms with Gasteiger partial charge in [-0.05, 0) is 19.3 Å². The zero-order valence-electron chi connectivity index (χ0n) is 18.5. The number of aromatic nitrogens is 2. The number of carbonyl (C=O) groups is 2. The summed E-state index contributed by atoms with van der Waals surface area (Å²) in [6, 6.07) is 1.85. The van der Waals surface area contributed by atoms with Crippen molar-refractivity contribution in [3.05, 3.63) is 11.2 Å².